The van der Waals surface area contributed by atoms with E-state index < -0.39 is 0 Å². The Balaban J connectivity index is 1.68. The highest BCUT2D eigenvalue weighted by Gasteiger charge is 2.37. The van der Waals surface area contributed by atoms with Gasteiger partial charge < -0.3 is 14.8 Å². The van der Waals surface area contributed by atoms with Crippen molar-refractivity contribution in [2.24, 2.45) is 0 Å². The van der Waals surface area contributed by atoms with E-state index in [0.717, 1.165) is 18.9 Å². The Morgan fingerprint density at radius 1 is 1.25 bits per heavy atom. The maximum Gasteiger partial charge on any atom is 0.125 e. The molecule has 1 unspecified atom stereocenters. The number of rotatable bonds is 3. The van der Waals surface area contributed by atoms with Gasteiger partial charge in [0.25, 0.3) is 0 Å². The summed E-state index contributed by atoms with van der Waals surface area (Å²) in [5, 5.41) is 3.77. The zero-order valence-corrected chi connectivity index (χ0v) is 12.4. The molecule has 1 saturated carbocycles. The van der Waals surface area contributed by atoms with Gasteiger partial charge in [-0.1, -0.05) is 37.5 Å². The van der Waals surface area contributed by atoms with Gasteiger partial charge in [-0.25, -0.2) is 0 Å². The number of nitrogens with one attached hydrogen (secondary N) is 1. The van der Waals surface area contributed by atoms with Crippen molar-refractivity contribution in [2.45, 2.75) is 50.7 Å². The van der Waals surface area contributed by atoms with Crippen LogP contribution in [0, 0.1) is 0 Å². The molecule has 0 radical (unpaired) electrons. The predicted molar refractivity (Wildman–Crippen MR) is 80.1 cm³/mol. The van der Waals surface area contributed by atoms with Crippen LogP contribution in [0.4, 0.5) is 0 Å². The van der Waals surface area contributed by atoms with E-state index in [4.69, 9.17) is 9.47 Å². The van der Waals surface area contributed by atoms with E-state index in [-0.39, 0.29) is 11.6 Å². The Hall–Kier alpha value is -1.06. The summed E-state index contributed by atoms with van der Waals surface area (Å²) in [5.74, 6) is 0.960. The van der Waals surface area contributed by atoms with Crippen LogP contribution in [0.3, 0.4) is 0 Å². The van der Waals surface area contributed by atoms with E-state index in [1.54, 1.807) is 0 Å². The molecule has 1 atom stereocenters. The van der Waals surface area contributed by atoms with Crippen molar-refractivity contribution in [3.8, 4) is 5.75 Å². The standard InChI is InChI=1S/C17H25NO2/c1-2-19-15-9-5-4-8-14(15)16-12-18-17(13-20-16)10-6-3-7-11-17/h4-5,8-9,16,18H,2-3,6-7,10-13H2,1H3. The van der Waals surface area contributed by atoms with Crippen LogP contribution in [0.1, 0.15) is 50.7 Å². The molecule has 0 amide bonds. The molecule has 2 aliphatic rings. The van der Waals surface area contributed by atoms with Gasteiger partial charge in [0.05, 0.1) is 19.3 Å². The van der Waals surface area contributed by atoms with Gasteiger partial charge in [-0.15, -0.1) is 0 Å². The molecule has 1 N–H and O–H groups in total. The maximum absolute atomic E-state index is 6.20. The quantitative estimate of drug-likeness (QED) is 0.916. The molecule has 0 bridgehead atoms. The Kier molecular flexibility index (Phi) is 4.27. The first kappa shape index (κ1) is 13.9. The highest BCUT2D eigenvalue weighted by Crippen LogP contribution is 2.36. The van der Waals surface area contributed by atoms with Crippen LogP contribution in [0.15, 0.2) is 24.3 Å². The lowest BCUT2D eigenvalue weighted by Crippen LogP contribution is -2.55. The minimum atomic E-state index is 0.116. The number of hydrogen-bond acceptors (Lipinski definition) is 3. The minimum absolute atomic E-state index is 0.116. The zero-order valence-electron chi connectivity index (χ0n) is 12.4. The van der Waals surface area contributed by atoms with Gasteiger partial charge in [0.2, 0.25) is 0 Å². The van der Waals surface area contributed by atoms with Crippen molar-refractivity contribution < 1.29 is 9.47 Å². The van der Waals surface area contributed by atoms with Gasteiger partial charge in [0.1, 0.15) is 5.75 Å². The van der Waals surface area contributed by atoms with Gasteiger partial charge in [-0.2, -0.15) is 0 Å². The largest absolute Gasteiger partial charge is 0.493 e. The van der Waals surface area contributed by atoms with Gasteiger partial charge in [-0.3, -0.25) is 0 Å². The van der Waals surface area contributed by atoms with Gasteiger partial charge in [-0.05, 0) is 25.8 Å². The number of benzene rings is 1. The molecule has 1 heterocycles. The van der Waals surface area contributed by atoms with E-state index in [1.165, 1.54) is 37.7 Å². The summed E-state index contributed by atoms with van der Waals surface area (Å²) in [5.41, 5.74) is 1.42. The second-order valence-corrected chi connectivity index (χ2v) is 5.99. The zero-order chi connectivity index (χ0) is 13.8. The summed E-state index contributed by atoms with van der Waals surface area (Å²) >= 11 is 0. The van der Waals surface area contributed by atoms with Crippen LogP contribution < -0.4 is 10.1 Å². The van der Waals surface area contributed by atoms with E-state index in [1.807, 2.05) is 19.1 Å². The van der Waals surface area contributed by atoms with Crippen molar-refractivity contribution in [2.75, 3.05) is 19.8 Å². The Labute approximate surface area is 121 Å². The average Bonchev–Trinajstić information content (AvgIpc) is 2.50. The predicted octanol–water partition coefficient (Wildman–Crippen LogP) is 3.45. The first-order valence-corrected chi connectivity index (χ1v) is 7.91. The monoisotopic (exact) mass is 275 g/mol. The van der Waals surface area contributed by atoms with Crippen molar-refractivity contribution in [3.63, 3.8) is 0 Å². The SMILES string of the molecule is CCOc1ccccc1C1CNC2(CCCCC2)CO1. The summed E-state index contributed by atoms with van der Waals surface area (Å²) in [6.45, 7) is 4.44. The number of hydrogen-bond donors (Lipinski definition) is 1. The molecular formula is C17H25NO2. The fraction of sp³-hybridized carbons (Fsp3) is 0.647. The lowest BCUT2D eigenvalue weighted by atomic mass is 9.81. The molecule has 1 aliphatic heterocycles. The lowest BCUT2D eigenvalue weighted by molar-refractivity contribution is -0.0475. The molecule has 1 aromatic carbocycles. The fourth-order valence-corrected chi connectivity index (χ4v) is 3.46. The Morgan fingerprint density at radius 2 is 2.05 bits per heavy atom. The smallest absolute Gasteiger partial charge is 0.125 e. The van der Waals surface area contributed by atoms with Crippen molar-refractivity contribution in [1.29, 1.82) is 0 Å². The molecule has 1 spiro atoms. The highest BCUT2D eigenvalue weighted by molar-refractivity contribution is 5.35. The second-order valence-electron chi connectivity index (χ2n) is 5.99. The normalized spacial score (nSPS) is 25.6. The summed E-state index contributed by atoms with van der Waals surface area (Å²) in [6, 6.07) is 8.24. The highest BCUT2D eigenvalue weighted by atomic mass is 16.5. The van der Waals surface area contributed by atoms with Gasteiger partial charge >= 0.3 is 0 Å². The van der Waals surface area contributed by atoms with E-state index in [9.17, 15) is 0 Å². The lowest BCUT2D eigenvalue weighted by Gasteiger charge is -2.44. The maximum atomic E-state index is 6.20. The van der Waals surface area contributed by atoms with Crippen LogP contribution >= 0.6 is 0 Å². The number of ether oxygens (including phenoxy) is 2. The molecule has 3 heteroatoms. The third-order valence-electron chi connectivity index (χ3n) is 4.60. The molecule has 3 rings (SSSR count). The number of para-hydroxylation sites is 1. The average molecular weight is 275 g/mol. The topological polar surface area (TPSA) is 30.5 Å². The summed E-state index contributed by atoms with van der Waals surface area (Å²) < 4.78 is 11.9. The van der Waals surface area contributed by atoms with Gasteiger partial charge in [0, 0.05) is 17.6 Å². The molecular weight excluding hydrogens is 250 g/mol. The fourth-order valence-electron chi connectivity index (χ4n) is 3.46. The third kappa shape index (κ3) is 2.84. The van der Waals surface area contributed by atoms with Crippen molar-refractivity contribution in [3.05, 3.63) is 29.8 Å². The van der Waals surface area contributed by atoms with Crippen LogP contribution in [0.2, 0.25) is 0 Å². The molecule has 1 aliphatic carbocycles. The molecule has 1 aromatic rings. The Bertz CT molecular complexity index is 430. The van der Waals surface area contributed by atoms with Crippen molar-refractivity contribution in [1.82, 2.24) is 5.32 Å². The first-order chi connectivity index (χ1) is 9.83. The van der Waals surface area contributed by atoms with E-state index in [2.05, 4.69) is 17.4 Å². The minimum Gasteiger partial charge on any atom is -0.493 e. The summed E-state index contributed by atoms with van der Waals surface area (Å²) in [7, 11) is 0. The van der Waals surface area contributed by atoms with Crippen LogP contribution in [0.5, 0.6) is 5.75 Å². The number of morpholine rings is 1. The van der Waals surface area contributed by atoms with Crippen LogP contribution in [-0.2, 0) is 4.74 Å². The van der Waals surface area contributed by atoms with Crippen molar-refractivity contribution >= 4 is 0 Å². The molecule has 1 saturated heterocycles. The van der Waals surface area contributed by atoms with Crippen LogP contribution in [0.25, 0.3) is 0 Å². The molecule has 110 valence electrons. The third-order valence-corrected chi connectivity index (χ3v) is 4.60. The first-order valence-electron chi connectivity index (χ1n) is 7.91. The summed E-state index contributed by atoms with van der Waals surface area (Å²) in [4.78, 5) is 0. The molecule has 0 aromatic heterocycles. The second kappa shape index (κ2) is 6.15. The molecule has 20 heavy (non-hydrogen) atoms. The van der Waals surface area contributed by atoms with E-state index >= 15 is 0 Å². The molecule has 3 nitrogen and oxygen atoms in total. The summed E-state index contributed by atoms with van der Waals surface area (Å²) in [6.07, 6.45) is 6.66. The van der Waals surface area contributed by atoms with Gasteiger partial charge in [0.15, 0.2) is 0 Å². The Morgan fingerprint density at radius 3 is 2.75 bits per heavy atom. The van der Waals surface area contributed by atoms with Crippen LogP contribution in [-0.4, -0.2) is 25.3 Å². The van der Waals surface area contributed by atoms with E-state index in [0.29, 0.717) is 6.61 Å². The molecule has 2 fully saturated rings.